The number of rotatable bonds is 3. The lowest BCUT2D eigenvalue weighted by Crippen LogP contribution is -2.55. The van der Waals surface area contributed by atoms with Gasteiger partial charge in [-0.2, -0.15) is 0 Å². The van der Waals surface area contributed by atoms with Crippen LogP contribution in [0.3, 0.4) is 0 Å². The van der Waals surface area contributed by atoms with E-state index in [0.29, 0.717) is 37.0 Å². The van der Waals surface area contributed by atoms with Gasteiger partial charge in [0.15, 0.2) is 0 Å². The number of hydrogen-bond acceptors (Lipinski definition) is 3. The monoisotopic (exact) mass is 384 g/mol. The highest BCUT2D eigenvalue weighted by atomic mass is 16.2. The van der Waals surface area contributed by atoms with Gasteiger partial charge in [0, 0.05) is 36.8 Å². The van der Waals surface area contributed by atoms with Crippen molar-refractivity contribution in [2.45, 2.75) is 57.0 Å². The van der Waals surface area contributed by atoms with E-state index in [0.717, 1.165) is 31.4 Å². The number of urea groups is 1. The fraction of sp³-hybridized carbons (Fsp3) is 0.636. The Morgan fingerprint density at radius 1 is 0.964 bits per heavy atom. The summed E-state index contributed by atoms with van der Waals surface area (Å²) in [6.07, 6.45) is 7.19. The van der Waals surface area contributed by atoms with Gasteiger partial charge in [0.05, 0.1) is 0 Å². The van der Waals surface area contributed by atoms with Crippen molar-refractivity contribution in [2.24, 2.45) is 23.5 Å². The van der Waals surface area contributed by atoms with E-state index in [9.17, 15) is 9.59 Å². The minimum absolute atomic E-state index is 0.0112. The van der Waals surface area contributed by atoms with Gasteiger partial charge in [0.1, 0.15) is 0 Å². The lowest BCUT2D eigenvalue weighted by Gasteiger charge is -2.45. The molecule has 0 aromatic heterocycles. The topological polar surface area (TPSA) is 87.5 Å². The van der Waals surface area contributed by atoms with E-state index in [4.69, 9.17) is 5.73 Å². The predicted molar refractivity (Wildman–Crippen MR) is 110 cm³/mol. The Balaban J connectivity index is 1.27. The smallest absolute Gasteiger partial charge is 0.321 e. The first-order chi connectivity index (χ1) is 13.6. The van der Waals surface area contributed by atoms with E-state index < -0.39 is 0 Å². The number of nitrogens with one attached hydrogen (secondary N) is 2. The van der Waals surface area contributed by atoms with E-state index in [1.165, 1.54) is 19.3 Å². The Morgan fingerprint density at radius 3 is 2.25 bits per heavy atom. The third kappa shape index (κ3) is 4.32. The van der Waals surface area contributed by atoms with Crippen LogP contribution >= 0.6 is 0 Å². The number of benzene rings is 1. The zero-order valence-corrected chi connectivity index (χ0v) is 16.5. The van der Waals surface area contributed by atoms with E-state index in [2.05, 4.69) is 10.6 Å². The van der Waals surface area contributed by atoms with Crippen LogP contribution in [0.2, 0.25) is 0 Å². The largest absolute Gasteiger partial charge is 0.353 e. The van der Waals surface area contributed by atoms with Gasteiger partial charge in [0.25, 0.3) is 0 Å². The summed E-state index contributed by atoms with van der Waals surface area (Å²) in [7, 11) is 0. The van der Waals surface area contributed by atoms with Gasteiger partial charge in [-0.25, -0.2) is 4.79 Å². The fourth-order valence-corrected chi connectivity index (χ4v) is 5.38. The van der Waals surface area contributed by atoms with E-state index in [-0.39, 0.29) is 17.9 Å². The third-order valence-corrected chi connectivity index (χ3v) is 6.86. The number of para-hydroxylation sites is 1. The zero-order valence-electron chi connectivity index (χ0n) is 16.5. The van der Waals surface area contributed by atoms with Crippen molar-refractivity contribution in [3.63, 3.8) is 0 Å². The van der Waals surface area contributed by atoms with E-state index in [1.54, 1.807) is 0 Å². The molecule has 0 radical (unpaired) electrons. The minimum Gasteiger partial charge on any atom is -0.353 e. The Labute approximate surface area is 167 Å². The summed E-state index contributed by atoms with van der Waals surface area (Å²) in [5.41, 5.74) is 7.00. The van der Waals surface area contributed by atoms with Gasteiger partial charge >= 0.3 is 6.03 Å². The average molecular weight is 385 g/mol. The summed E-state index contributed by atoms with van der Waals surface area (Å²) in [5, 5.41) is 6.31. The fourth-order valence-electron chi connectivity index (χ4n) is 5.38. The molecular formula is C22H32N4O2. The molecule has 3 amide bonds. The molecule has 28 heavy (non-hydrogen) atoms. The number of hydrogen-bond donors (Lipinski definition) is 3. The molecule has 1 aromatic rings. The second-order valence-corrected chi connectivity index (χ2v) is 8.77. The number of piperidine rings is 1. The minimum atomic E-state index is -0.0825. The number of anilines is 1. The second kappa shape index (κ2) is 8.52. The second-order valence-electron chi connectivity index (χ2n) is 8.77. The Hall–Kier alpha value is -2.08. The molecular weight excluding hydrogens is 352 g/mol. The van der Waals surface area contributed by atoms with Crippen LogP contribution in [0.5, 0.6) is 0 Å². The van der Waals surface area contributed by atoms with Gasteiger partial charge in [-0.05, 0) is 62.5 Å². The molecule has 2 unspecified atom stereocenters. The van der Waals surface area contributed by atoms with Crippen LogP contribution in [0.4, 0.5) is 10.5 Å². The maximum Gasteiger partial charge on any atom is 0.321 e. The summed E-state index contributed by atoms with van der Waals surface area (Å²) in [5.74, 6) is 1.28. The van der Waals surface area contributed by atoms with Crippen LogP contribution in [0.1, 0.15) is 44.9 Å². The van der Waals surface area contributed by atoms with Crippen LogP contribution in [-0.2, 0) is 4.79 Å². The molecule has 152 valence electrons. The average Bonchev–Trinajstić information content (AvgIpc) is 2.69. The summed E-state index contributed by atoms with van der Waals surface area (Å²) in [6, 6.07) is 10.0. The first-order valence-electron chi connectivity index (χ1n) is 10.8. The normalized spacial score (nSPS) is 30.5. The van der Waals surface area contributed by atoms with Gasteiger partial charge in [-0.15, -0.1) is 0 Å². The summed E-state index contributed by atoms with van der Waals surface area (Å²) >= 11 is 0. The maximum atomic E-state index is 12.9. The van der Waals surface area contributed by atoms with Crippen molar-refractivity contribution >= 4 is 17.6 Å². The highest BCUT2D eigenvalue weighted by molar-refractivity contribution is 5.89. The summed E-state index contributed by atoms with van der Waals surface area (Å²) in [6.45, 7) is 1.25. The number of carbonyl (C=O) groups is 2. The first kappa shape index (κ1) is 19.2. The number of nitrogens with zero attached hydrogens (tertiary/aromatic N) is 1. The number of fused-ring (bicyclic) bond motifs is 2. The van der Waals surface area contributed by atoms with Crippen molar-refractivity contribution in [3.8, 4) is 0 Å². The third-order valence-electron chi connectivity index (χ3n) is 6.86. The number of amides is 3. The molecule has 1 saturated heterocycles. The molecule has 2 aliphatic carbocycles. The molecule has 0 spiro atoms. The number of carbonyl (C=O) groups excluding carboxylic acids is 2. The number of likely N-dealkylation sites (tertiary alicyclic amines) is 1. The van der Waals surface area contributed by atoms with E-state index >= 15 is 0 Å². The zero-order chi connectivity index (χ0) is 19.5. The lowest BCUT2D eigenvalue weighted by atomic mass is 9.67. The van der Waals surface area contributed by atoms with Gasteiger partial charge in [0.2, 0.25) is 5.91 Å². The lowest BCUT2D eigenvalue weighted by molar-refractivity contribution is -0.128. The molecule has 1 aliphatic heterocycles. The summed E-state index contributed by atoms with van der Waals surface area (Å²) in [4.78, 5) is 27.1. The molecule has 6 heteroatoms. The maximum absolute atomic E-state index is 12.9. The molecule has 3 fully saturated rings. The van der Waals surface area contributed by atoms with Gasteiger partial charge in [-0.3, -0.25) is 4.79 Å². The van der Waals surface area contributed by atoms with Crippen molar-refractivity contribution in [2.75, 3.05) is 18.4 Å². The molecule has 6 nitrogen and oxygen atoms in total. The van der Waals surface area contributed by atoms with Crippen molar-refractivity contribution in [1.29, 1.82) is 0 Å². The predicted octanol–water partition coefficient (Wildman–Crippen LogP) is 2.95. The molecule has 2 bridgehead atoms. The van der Waals surface area contributed by atoms with Crippen LogP contribution in [-0.4, -0.2) is 42.0 Å². The molecule has 3 aliphatic rings. The first-order valence-corrected chi connectivity index (χ1v) is 10.8. The standard InChI is InChI=1S/C22H32N4O2/c23-18-13-16-5-4-6-17(14-18)20(16)25-21(27)15-9-11-26(12-10-15)22(28)24-19-7-2-1-3-8-19/h1-3,7-8,15-18,20H,4-6,9-14,23H2,(H,24,28)(H,25,27). The van der Waals surface area contributed by atoms with Crippen molar-refractivity contribution in [1.82, 2.24) is 10.2 Å². The van der Waals surface area contributed by atoms with Gasteiger partial charge < -0.3 is 21.3 Å². The van der Waals surface area contributed by atoms with Gasteiger partial charge in [-0.1, -0.05) is 24.6 Å². The SMILES string of the molecule is NC1CC2CCCC(C1)C2NC(=O)C1CCN(C(=O)Nc2ccccc2)CC1. The Kier molecular flexibility index (Phi) is 5.85. The molecule has 1 heterocycles. The summed E-state index contributed by atoms with van der Waals surface area (Å²) < 4.78 is 0. The molecule has 4 N–H and O–H groups in total. The molecule has 4 rings (SSSR count). The van der Waals surface area contributed by atoms with Crippen LogP contribution < -0.4 is 16.4 Å². The highest BCUT2D eigenvalue weighted by Crippen LogP contribution is 2.40. The van der Waals surface area contributed by atoms with E-state index in [1.807, 2.05) is 35.2 Å². The molecule has 2 saturated carbocycles. The Bertz CT molecular complexity index is 673. The van der Waals surface area contributed by atoms with Crippen LogP contribution in [0, 0.1) is 17.8 Å². The van der Waals surface area contributed by atoms with Crippen LogP contribution in [0.15, 0.2) is 30.3 Å². The van der Waals surface area contributed by atoms with Crippen molar-refractivity contribution in [3.05, 3.63) is 30.3 Å². The molecule has 2 atom stereocenters. The van der Waals surface area contributed by atoms with Crippen molar-refractivity contribution < 1.29 is 9.59 Å². The van der Waals surface area contributed by atoms with Crippen LogP contribution in [0.25, 0.3) is 0 Å². The highest BCUT2D eigenvalue weighted by Gasteiger charge is 2.41. The molecule has 1 aromatic carbocycles. The quantitative estimate of drug-likeness (QED) is 0.749. The number of nitrogens with two attached hydrogens (primary N) is 1. The Morgan fingerprint density at radius 2 is 1.61 bits per heavy atom.